The molecule has 0 unspecified atom stereocenters. The number of hydrogen-bond acceptors (Lipinski definition) is 2. The molecule has 0 aromatic heterocycles. The van der Waals surface area contributed by atoms with Gasteiger partial charge in [0.1, 0.15) is 0 Å². The second kappa shape index (κ2) is 7.34. The van der Waals surface area contributed by atoms with Crippen molar-refractivity contribution < 1.29 is 4.79 Å². The Kier molecular flexibility index (Phi) is 5.48. The van der Waals surface area contributed by atoms with Crippen LogP contribution >= 0.6 is 23.8 Å². The Morgan fingerprint density at radius 2 is 1.90 bits per heavy atom. The first-order chi connectivity index (χ1) is 10.0. The van der Waals surface area contributed by atoms with Gasteiger partial charge in [-0.3, -0.25) is 4.79 Å². The first-order valence-electron chi connectivity index (χ1n) is 6.65. The van der Waals surface area contributed by atoms with Gasteiger partial charge in [-0.25, -0.2) is 0 Å². The maximum atomic E-state index is 12.0. The molecule has 1 amide bonds. The molecule has 0 spiro atoms. The van der Waals surface area contributed by atoms with Gasteiger partial charge in [0.2, 0.25) is 0 Å². The summed E-state index contributed by atoms with van der Waals surface area (Å²) < 4.78 is 0. The fourth-order valence-electron chi connectivity index (χ4n) is 1.91. The zero-order chi connectivity index (χ0) is 15.2. The minimum absolute atomic E-state index is 0.163. The summed E-state index contributed by atoms with van der Waals surface area (Å²) in [6.07, 6.45) is 0.686. The van der Waals surface area contributed by atoms with Gasteiger partial charge in [0.05, 0.1) is 0 Å². The van der Waals surface area contributed by atoms with E-state index in [0.717, 1.165) is 10.4 Å². The summed E-state index contributed by atoms with van der Waals surface area (Å²) in [5.74, 6) is -0.163. The quantitative estimate of drug-likeness (QED) is 0.845. The van der Waals surface area contributed by atoms with Gasteiger partial charge in [0.15, 0.2) is 0 Å². The van der Waals surface area contributed by atoms with Crippen LogP contribution in [0, 0.1) is 6.92 Å². The van der Waals surface area contributed by atoms with Gasteiger partial charge in [-0.2, -0.15) is 0 Å². The Balaban J connectivity index is 1.86. The van der Waals surface area contributed by atoms with Crippen LogP contribution in [0.2, 0.25) is 5.02 Å². The molecule has 0 aliphatic carbocycles. The third kappa shape index (κ3) is 4.96. The molecule has 0 aliphatic rings. The minimum Gasteiger partial charge on any atom is -0.347 e. The number of amides is 1. The number of halogens is 1. The summed E-state index contributed by atoms with van der Waals surface area (Å²) in [7, 11) is 0. The van der Waals surface area contributed by atoms with Gasteiger partial charge in [-0.15, -0.1) is 0 Å². The number of aryl methyl sites for hydroxylation is 1. The van der Waals surface area contributed by atoms with E-state index in [0.29, 0.717) is 23.6 Å². The molecule has 2 aromatic carbocycles. The van der Waals surface area contributed by atoms with Crippen LogP contribution in [0.25, 0.3) is 0 Å². The number of benzene rings is 2. The van der Waals surface area contributed by atoms with Gasteiger partial charge in [0, 0.05) is 28.4 Å². The van der Waals surface area contributed by atoms with E-state index < -0.39 is 0 Å². The zero-order valence-corrected chi connectivity index (χ0v) is 13.3. The molecule has 21 heavy (non-hydrogen) atoms. The molecule has 2 nitrogen and oxygen atoms in total. The molecular formula is C17H16ClNOS. The van der Waals surface area contributed by atoms with Crippen LogP contribution in [0.15, 0.2) is 48.5 Å². The SMILES string of the molecule is Cc1ccc(CC(=S)CNC(=O)c2cccc(Cl)c2)cc1. The van der Waals surface area contributed by atoms with Gasteiger partial charge < -0.3 is 5.32 Å². The zero-order valence-electron chi connectivity index (χ0n) is 11.7. The monoisotopic (exact) mass is 317 g/mol. The Hall–Kier alpha value is -1.71. The van der Waals surface area contributed by atoms with E-state index in [-0.39, 0.29) is 5.91 Å². The van der Waals surface area contributed by atoms with Gasteiger partial charge >= 0.3 is 0 Å². The molecule has 0 aliphatic heterocycles. The predicted molar refractivity (Wildman–Crippen MR) is 91.3 cm³/mol. The average molecular weight is 318 g/mol. The van der Waals surface area contributed by atoms with Crippen LogP contribution in [-0.2, 0) is 6.42 Å². The van der Waals surface area contributed by atoms with Crippen LogP contribution in [0.5, 0.6) is 0 Å². The van der Waals surface area contributed by atoms with Crippen molar-refractivity contribution in [2.24, 2.45) is 0 Å². The molecule has 0 atom stereocenters. The number of rotatable bonds is 5. The van der Waals surface area contributed by atoms with E-state index in [1.54, 1.807) is 24.3 Å². The molecule has 4 heteroatoms. The van der Waals surface area contributed by atoms with Gasteiger partial charge in [0.25, 0.3) is 5.91 Å². The Labute approximate surface area is 135 Å². The predicted octanol–water partition coefficient (Wildman–Crippen LogP) is 3.99. The Morgan fingerprint density at radius 3 is 2.57 bits per heavy atom. The van der Waals surface area contributed by atoms with Gasteiger partial charge in [-0.05, 0) is 30.7 Å². The van der Waals surface area contributed by atoms with Crippen molar-refractivity contribution in [1.29, 1.82) is 0 Å². The first-order valence-corrected chi connectivity index (χ1v) is 7.44. The highest BCUT2D eigenvalue weighted by Gasteiger charge is 2.07. The molecule has 108 valence electrons. The third-order valence-electron chi connectivity index (χ3n) is 3.05. The fourth-order valence-corrected chi connectivity index (χ4v) is 2.34. The van der Waals surface area contributed by atoms with Crippen molar-refractivity contribution >= 4 is 34.6 Å². The molecule has 2 rings (SSSR count). The molecular weight excluding hydrogens is 302 g/mol. The standard InChI is InChI=1S/C17H16ClNOS/c1-12-5-7-13(8-6-12)9-16(21)11-19-17(20)14-3-2-4-15(18)10-14/h2-8,10H,9,11H2,1H3,(H,19,20). The molecule has 0 saturated heterocycles. The smallest absolute Gasteiger partial charge is 0.251 e. The van der Waals surface area contributed by atoms with E-state index in [1.165, 1.54) is 5.56 Å². The lowest BCUT2D eigenvalue weighted by Gasteiger charge is -2.07. The maximum absolute atomic E-state index is 12.0. The Bertz CT molecular complexity index is 652. The van der Waals surface area contributed by atoms with Crippen LogP contribution in [0.3, 0.4) is 0 Å². The summed E-state index contributed by atoms with van der Waals surface area (Å²) in [5, 5.41) is 3.36. The van der Waals surface area contributed by atoms with Crippen molar-refractivity contribution in [3.05, 3.63) is 70.2 Å². The number of thiocarbonyl (C=S) groups is 1. The average Bonchev–Trinajstić information content (AvgIpc) is 2.47. The van der Waals surface area contributed by atoms with E-state index in [4.69, 9.17) is 23.8 Å². The largest absolute Gasteiger partial charge is 0.347 e. The Morgan fingerprint density at radius 1 is 1.19 bits per heavy atom. The van der Waals surface area contributed by atoms with E-state index >= 15 is 0 Å². The highest BCUT2D eigenvalue weighted by Crippen LogP contribution is 2.10. The van der Waals surface area contributed by atoms with Crippen LogP contribution in [-0.4, -0.2) is 17.3 Å². The molecule has 0 saturated carbocycles. The number of carbonyl (C=O) groups is 1. The van der Waals surface area contributed by atoms with Crippen molar-refractivity contribution in [1.82, 2.24) is 5.32 Å². The summed E-state index contributed by atoms with van der Waals surface area (Å²) in [4.78, 5) is 12.8. The third-order valence-corrected chi connectivity index (χ3v) is 3.58. The van der Waals surface area contributed by atoms with E-state index in [1.807, 2.05) is 6.92 Å². The number of carbonyl (C=O) groups excluding carboxylic acids is 1. The molecule has 0 fully saturated rings. The molecule has 1 N–H and O–H groups in total. The number of hydrogen-bond donors (Lipinski definition) is 1. The van der Waals surface area contributed by atoms with Crippen molar-refractivity contribution in [3.63, 3.8) is 0 Å². The molecule has 2 aromatic rings. The van der Waals surface area contributed by atoms with Crippen molar-refractivity contribution in [2.45, 2.75) is 13.3 Å². The summed E-state index contributed by atoms with van der Waals surface area (Å²) in [5.41, 5.74) is 2.92. The van der Waals surface area contributed by atoms with Gasteiger partial charge in [-0.1, -0.05) is 59.7 Å². The molecule has 0 heterocycles. The van der Waals surface area contributed by atoms with E-state index in [2.05, 4.69) is 29.6 Å². The number of nitrogens with one attached hydrogen (secondary N) is 1. The van der Waals surface area contributed by atoms with E-state index in [9.17, 15) is 4.79 Å². The lowest BCUT2D eigenvalue weighted by molar-refractivity contribution is 0.0959. The van der Waals surface area contributed by atoms with Crippen molar-refractivity contribution in [2.75, 3.05) is 6.54 Å². The topological polar surface area (TPSA) is 29.1 Å². The highest BCUT2D eigenvalue weighted by atomic mass is 35.5. The highest BCUT2D eigenvalue weighted by molar-refractivity contribution is 7.80. The second-order valence-electron chi connectivity index (χ2n) is 4.89. The molecule has 0 bridgehead atoms. The van der Waals surface area contributed by atoms with Crippen LogP contribution < -0.4 is 5.32 Å². The normalized spacial score (nSPS) is 10.2. The summed E-state index contributed by atoms with van der Waals surface area (Å²) >= 11 is 11.2. The second-order valence-corrected chi connectivity index (χ2v) is 5.91. The fraction of sp³-hybridized carbons (Fsp3) is 0.176. The van der Waals surface area contributed by atoms with Crippen LogP contribution in [0.4, 0.5) is 0 Å². The maximum Gasteiger partial charge on any atom is 0.251 e. The summed E-state index contributed by atoms with van der Waals surface area (Å²) in [6.45, 7) is 2.43. The summed E-state index contributed by atoms with van der Waals surface area (Å²) in [6, 6.07) is 15.1. The minimum atomic E-state index is -0.163. The lowest BCUT2D eigenvalue weighted by atomic mass is 10.1. The van der Waals surface area contributed by atoms with Crippen molar-refractivity contribution in [3.8, 4) is 0 Å². The lowest BCUT2D eigenvalue weighted by Crippen LogP contribution is -2.29. The first kappa shape index (κ1) is 15.7. The van der Waals surface area contributed by atoms with Crippen LogP contribution in [0.1, 0.15) is 21.5 Å². The molecule has 0 radical (unpaired) electrons.